The van der Waals surface area contributed by atoms with Crippen LogP contribution in [0.4, 0.5) is 0 Å². The van der Waals surface area contributed by atoms with Gasteiger partial charge in [-0.05, 0) is 26.3 Å². The summed E-state index contributed by atoms with van der Waals surface area (Å²) in [6.07, 6.45) is 2.18. The number of aliphatic hydroxyl groups is 1. The Labute approximate surface area is 115 Å². The zero-order chi connectivity index (χ0) is 14.0. The van der Waals surface area contributed by atoms with Crippen LogP contribution >= 0.6 is 0 Å². The number of piperidine rings is 1. The molecule has 2 atom stereocenters. The number of likely N-dealkylation sites (tertiary alicyclic amines) is 1. The van der Waals surface area contributed by atoms with Crippen LogP contribution < -0.4 is 0 Å². The van der Waals surface area contributed by atoms with Crippen molar-refractivity contribution in [2.45, 2.75) is 52.5 Å². The van der Waals surface area contributed by atoms with E-state index in [1.54, 1.807) is 0 Å². The van der Waals surface area contributed by atoms with Gasteiger partial charge in [-0.1, -0.05) is 25.9 Å². The second-order valence-corrected chi connectivity index (χ2v) is 6.36. The molecule has 2 heterocycles. The molecule has 0 saturated carbocycles. The summed E-state index contributed by atoms with van der Waals surface area (Å²) in [6.45, 7) is 10.5. The highest BCUT2D eigenvalue weighted by Crippen LogP contribution is 2.33. The molecule has 108 valence electrons. The fourth-order valence-electron chi connectivity index (χ4n) is 2.62. The van der Waals surface area contributed by atoms with E-state index in [-0.39, 0.29) is 24.0 Å². The standard InChI is InChI=1S/C14H25N3O2/c1-10(2)12-15-13(19-16-12)11(3)17-7-5-6-14(4,8-17)9-18/h10-11,18H,5-9H2,1-4H3. The van der Waals surface area contributed by atoms with Crippen LogP contribution in [0.15, 0.2) is 4.52 Å². The molecular weight excluding hydrogens is 242 g/mol. The largest absolute Gasteiger partial charge is 0.396 e. The van der Waals surface area contributed by atoms with Crippen LogP contribution in [0.1, 0.15) is 64.2 Å². The van der Waals surface area contributed by atoms with Gasteiger partial charge in [0, 0.05) is 24.5 Å². The summed E-state index contributed by atoms with van der Waals surface area (Å²) in [7, 11) is 0. The number of aliphatic hydroxyl groups excluding tert-OH is 1. The molecule has 0 spiro atoms. The minimum Gasteiger partial charge on any atom is -0.396 e. The highest BCUT2D eigenvalue weighted by Gasteiger charge is 2.34. The van der Waals surface area contributed by atoms with Crippen LogP contribution in [0.25, 0.3) is 0 Å². The van der Waals surface area contributed by atoms with Gasteiger partial charge in [0.15, 0.2) is 5.82 Å². The summed E-state index contributed by atoms with van der Waals surface area (Å²) < 4.78 is 5.38. The fourth-order valence-corrected chi connectivity index (χ4v) is 2.62. The maximum Gasteiger partial charge on any atom is 0.243 e. The Hall–Kier alpha value is -0.940. The first-order valence-electron chi connectivity index (χ1n) is 7.13. The van der Waals surface area contributed by atoms with E-state index >= 15 is 0 Å². The van der Waals surface area contributed by atoms with Gasteiger partial charge in [0.05, 0.1) is 6.04 Å². The molecule has 1 fully saturated rings. The molecule has 1 aromatic rings. The van der Waals surface area contributed by atoms with Crippen LogP contribution in [0, 0.1) is 5.41 Å². The lowest BCUT2D eigenvalue weighted by Crippen LogP contribution is -2.44. The minimum atomic E-state index is -0.00654. The van der Waals surface area contributed by atoms with Gasteiger partial charge in [-0.3, -0.25) is 4.90 Å². The molecule has 0 aliphatic carbocycles. The molecular formula is C14H25N3O2. The normalized spacial score (nSPS) is 26.8. The predicted molar refractivity (Wildman–Crippen MR) is 72.8 cm³/mol. The first kappa shape index (κ1) is 14.5. The predicted octanol–water partition coefficient (Wildman–Crippen LogP) is 2.35. The topological polar surface area (TPSA) is 62.4 Å². The molecule has 0 amide bonds. The highest BCUT2D eigenvalue weighted by atomic mass is 16.5. The van der Waals surface area contributed by atoms with Crippen molar-refractivity contribution >= 4 is 0 Å². The Morgan fingerprint density at radius 1 is 1.42 bits per heavy atom. The number of hydrogen-bond donors (Lipinski definition) is 1. The van der Waals surface area contributed by atoms with E-state index in [1.807, 2.05) is 0 Å². The van der Waals surface area contributed by atoms with Gasteiger partial charge in [0.25, 0.3) is 0 Å². The highest BCUT2D eigenvalue weighted by molar-refractivity contribution is 4.97. The minimum absolute atomic E-state index is 0.00654. The van der Waals surface area contributed by atoms with Gasteiger partial charge in [0.1, 0.15) is 0 Å². The third-order valence-electron chi connectivity index (χ3n) is 4.07. The monoisotopic (exact) mass is 267 g/mol. The van der Waals surface area contributed by atoms with E-state index in [1.165, 1.54) is 0 Å². The molecule has 1 aliphatic rings. The number of aromatic nitrogens is 2. The summed E-state index contributed by atoms with van der Waals surface area (Å²) in [5, 5.41) is 13.5. The number of hydrogen-bond acceptors (Lipinski definition) is 5. The van der Waals surface area contributed by atoms with Crippen molar-refractivity contribution in [1.29, 1.82) is 0 Å². The Balaban J connectivity index is 2.08. The maximum absolute atomic E-state index is 9.52. The van der Waals surface area contributed by atoms with E-state index in [0.29, 0.717) is 5.89 Å². The summed E-state index contributed by atoms with van der Waals surface area (Å²) >= 11 is 0. The summed E-state index contributed by atoms with van der Waals surface area (Å²) in [6, 6.07) is 0.117. The third kappa shape index (κ3) is 3.15. The van der Waals surface area contributed by atoms with Crippen LogP contribution in [-0.4, -0.2) is 39.8 Å². The molecule has 0 aromatic carbocycles. The summed E-state index contributed by atoms with van der Waals surface area (Å²) in [4.78, 5) is 6.81. The number of rotatable bonds is 4. The van der Waals surface area contributed by atoms with Crippen molar-refractivity contribution in [2.75, 3.05) is 19.7 Å². The lowest BCUT2D eigenvalue weighted by molar-refractivity contribution is 0.0211. The molecule has 19 heavy (non-hydrogen) atoms. The lowest BCUT2D eigenvalue weighted by Gasteiger charge is -2.41. The van der Waals surface area contributed by atoms with Gasteiger partial charge < -0.3 is 9.63 Å². The Bertz CT molecular complexity index is 419. The SMILES string of the molecule is CC(C)c1noc(C(C)N2CCCC(C)(CO)C2)n1. The van der Waals surface area contributed by atoms with E-state index in [4.69, 9.17) is 4.52 Å². The molecule has 1 saturated heterocycles. The average Bonchev–Trinajstić information content (AvgIpc) is 2.87. The van der Waals surface area contributed by atoms with Crippen LogP contribution in [0.3, 0.4) is 0 Å². The Morgan fingerprint density at radius 3 is 2.74 bits per heavy atom. The molecule has 2 unspecified atom stereocenters. The summed E-state index contributed by atoms with van der Waals surface area (Å²) in [5.41, 5.74) is -0.00654. The van der Waals surface area contributed by atoms with Gasteiger partial charge in [-0.25, -0.2) is 0 Å². The van der Waals surface area contributed by atoms with E-state index in [0.717, 1.165) is 31.8 Å². The molecule has 0 bridgehead atoms. The molecule has 0 radical (unpaired) electrons. The van der Waals surface area contributed by atoms with Crippen molar-refractivity contribution < 1.29 is 9.63 Å². The molecule has 1 aliphatic heterocycles. The first-order chi connectivity index (χ1) is 8.95. The van der Waals surface area contributed by atoms with Crippen molar-refractivity contribution in [3.63, 3.8) is 0 Å². The Kier molecular flexibility index (Phi) is 4.26. The average molecular weight is 267 g/mol. The van der Waals surface area contributed by atoms with E-state index in [2.05, 4.69) is 42.7 Å². The van der Waals surface area contributed by atoms with Crippen molar-refractivity contribution in [3.8, 4) is 0 Å². The zero-order valence-electron chi connectivity index (χ0n) is 12.4. The zero-order valence-corrected chi connectivity index (χ0v) is 12.4. The third-order valence-corrected chi connectivity index (χ3v) is 4.07. The van der Waals surface area contributed by atoms with E-state index < -0.39 is 0 Å². The second-order valence-electron chi connectivity index (χ2n) is 6.36. The molecule has 5 nitrogen and oxygen atoms in total. The number of nitrogens with zero attached hydrogens (tertiary/aromatic N) is 3. The second kappa shape index (κ2) is 5.59. The van der Waals surface area contributed by atoms with Gasteiger partial charge in [0.2, 0.25) is 5.89 Å². The molecule has 1 N–H and O–H groups in total. The van der Waals surface area contributed by atoms with Crippen LogP contribution in [0.5, 0.6) is 0 Å². The first-order valence-corrected chi connectivity index (χ1v) is 7.13. The molecule has 5 heteroatoms. The van der Waals surface area contributed by atoms with Gasteiger partial charge in [-0.2, -0.15) is 4.98 Å². The van der Waals surface area contributed by atoms with Crippen molar-refractivity contribution in [2.24, 2.45) is 5.41 Å². The van der Waals surface area contributed by atoms with Crippen LogP contribution in [-0.2, 0) is 0 Å². The Morgan fingerprint density at radius 2 is 2.16 bits per heavy atom. The quantitative estimate of drug-likeness (QED) is 0.907. The van der Waals surface area contributed by atoms with Gasteiger partial charge in [-0.15, -0.1) is 0 Å². The molecule has 1 aromatic heterocycles. The maximum atomic E-state index is 9.52. The van der Waals surface area contributed by atoms with Gasteiger partial charge >= 0.3 is 0 Å². The smallest absolute Gasteiger partial charge is 0.243 e. The lowest BCUT2D eigenvalue weighted by atomic mass is 9.82. The van der Waals surface area contributed by atoms with Crippen LogP contribution in [0.2, 0.25) is 0 Å². The summed E-state index contributed by atoms with van der Waals surface area (Å²) in [5.74, 6) is 1.74. The molecule has 2 rings (SSSR count). The van der Waals surface area contributed by atoms with E-state index in [9.17, 15) is 5.11 Å². The van der Waals surface area contributed by atoms with Crippen molar-refractivity contribution in [3.05, 3.63) is 11.7 Å². The van der Waals surface area contributed by atoms with Crippen molar-refractivity contribution in [1.82, 2.24) is 15.0 Å². The fraction of sp³-hybridized carbons (Fsp3) is 0.857.